The third-order valence-corrected chi connectivity index (χ3v) is 3.30. The van der Waals surface area contributed by atoms with Gasteiger partial charge in [0.2, 0.25) is 0 Å². The lowest BCUT2D eigenvalue weighted by atomic mass is 10.1. The Balaban J connectivity index is 1.68. The van der Waals surface area contributed by atoms with Gasteiger partial charge in [0, 0.05) is 18.2 Å². The van der Waals surface area contributed by atoms with Gasteiger partial charge in [-0.15, -0.1) is 0 Å². The van der Waals surface area contributed by atoms with Crippen molar-refractivity contribution in [1.82, 2.24) is 14.8 Å². The van der Waals surface area contributed by atoms with E-state index in [1.165, 1.54) is 0 Å². The number of benzene rings is 1. The van der Waals surface area contributed by atoms with Gasteiger partial charge in [0.05, 0.1) is 6.04 Å². The highest BCUT2D eigenvalue weighted by molar-refractivity contribution is 5.44. The van der Waals surface area contributed by atoms with Gasteiger partial charge in [-0.3, -0.25) is 0 Å². The largest absolute Gasteiger partial charge is 0.491 e. The standard InChI is InChI=1S/C14H18N4O2/c1-2-5-18-14(16-9-17-18)8-19-10-3-4-11-12(15)7-20-13(11)6-10/h3-4,6,9,12H,2,5,7-8,15H2,1H3. The van der Waals surface area contributed by atoms with Crippen LogP contribution in [-0.4, -0.2) is 21.4 Å². The number of nitrogens with two attached hydrogens (primary N) is 1. The molecule has 6 nitrogen and oxygen atoms in total. The maximum atomic E-state index is 5.91. The van der Waals surface area contributed by atoms with Crippen LogP contribution in [-0.2, 0) is 13.2 Å². The summed E-state index contributed by atoms with van der Waals surface area (Å²) in [7, 11) is 0. The zero-order valence-corrected chi connectivity index (χ0v) is 11.5. The van der Waals surface area contributed by atoms with Crippen molar-refractivity contribution in [2.75, 3.05) is 6.61 Å². The molecule has 0 radical (unpaired) electrons. The van der Waals surface area contributed by atoms with Crippen LogP contribution < -0.4 is 15.2 Å². The summed E-state index contributed by atoms with van der Waals surface area (Å²) in [5.41, 5.74) is 6.95. The van der Waals surface area contributed by atoms with Crippen LogP contribution in [0.4, 0.5) is 0 Å². The fourth-order valence-electron chi connectivity index (χ4n) is 2.25. The van der Waals surface area contributed by atoms with Gasteiger partial charge in [0.1, 0.15) is 31.0 Å². The summed E-state index contributed by atoms with van der Waals surface area (Å²) in [6.45, 7) is 3.88. The second-order valence-electron chi connectivity index (χ2n) is 4.81. The summed E-state index contributed by atoms with van der Waals surface area (Å²) in [4.78, 5) is 4.21. The van der Waals surface area contributed by atoms with Gasteiger partial charge in [-0.1, -0.05) is 6.92 Å². The minimum absolute atomic E-state index is 0.0355. The average Bonchev–Trinajstić information content (AvgIpc) is 3.04. The Bertz CT molecular complexity index is 597. The van der Waals surface area contributed by atoms with E-state index >= 15 is 0 Å². The van der Waals surface area contributed by atoms with Crippen molar-refractivity contribution < 1.29 is 9.47 Å². The van der Waals surface area contributed by atoms with Crippen LogP contribution in [0.2, 0.25) is 0 Å². The van der Waals surface area contributed by atoms with Gasteiger partial charge in [-0.2, -0.15) is 5.10 Å². The number of aromatic nitrogens is 3. The van der Waals surface area contributed by atoms with Crippen molar-refractivity contribution in [3.8, 4) is 11.5 Å². The second kappa shape index (κ2) is 5.50. The molecular formula is C14H18N4O2. The lowest BCUT2D eigenvalue weighted by Crippen LogP contribution is -2.10. The molecule has 0 bridgehead atoms. The fourth-order valence-corrected chi connectivity index (χ4v) is 2.25. The Morgan fingerprint density at radius 3 is 3.25 bits per heavy atom. The van der Waals surface area contributed by atoms with E-state index in [1.54, 1.807) is 6.33 Å². The SMILES string of the molecule is CCCn1ncnc1COc1ccc2c(c1)OCC2N. The molecule has 0 spiro atoms. The van der Waals surface area contributed by atoms with Crippen LogP contribution in [0.1, 0.15) is 30.8 Å². The van der Waals surface area contributed by atoms with Crippen LogP contribution in [0.25, 0.3) is 0 Å². The molecule has 1 atom stereocenters. The molecule has 106 valence electrons. The molecule has 1 unspecified atom stereocenters. The molecule has 1 aliphatic heterocycles. The summed E-state index contributed by atoms with van der Waals surface area (Å²) in [5.74, 6) is 2.39. The number of ether oxygens (including phenoxy) is 2. The van der Waals surface area contributed by atoms with Crippen LogP contribution in [0.15, 0.2) is 24.5 Å². The molecule has 0 saturated carbocycles. The summed E-state index contributed by atoms with van der Waals surface area (Å²) in [5, 5.41) is 4.17. The Morgan fingerprint density at radius 1 is 1.50 bits per heavy atom. The first-order chi connectivity index (χ1) is 9.78. The van der Waals surface area contributed by atoms with Crippen molar-refractivity contribution in [3.63, 3.8) is 0 Å². The van der Waals surface area contributed by atoms with Crippen LogP contribution in [0.3, 0.4) is 0 Å². The zero-order chi connectivity index (χ0) is 13.9. The van der Waals surface area contributed by atoms with E-state index in [0.717, 1.165) is 35.9 Å². The van der Waals surface area contributed by atoms with E-state index in [-0.39, 0.29) is 6.04 Å². The summed E-state index contributed by atoms with van der Waals surface area (Å²) in [6, 6.07) is 5.71. The minimum atomic E-state index is -0.0355. The Kier molecular flexibility index (Phi) is 3.56. The van der Waals surface area contributed by atoms with E-state index in [0.29, 0.717) is 13.2 Å². The Hall–Kier alpha value is -2.08. The van der Waals surface area contributed by atoms with E-state index < -0.39 is 0 Å². The first kappa shape index (κ1) is 12.9. The summed E-state index contributed by atoms with van der Waals surface area (Å²) in [6.07, 6.45) is 2.57. The predicted octanol–water partition coefficient (Wildman–Crippen LogP) is 1.66. The maximum Gasteiger partial charge on any atom is 0.164 e. The van der Waals surface area contributed by atoms with Crippen molar-refractivity contribution in [1.29, 1.82) is 0 Å². The van der Waals surface area contributed by atoms with E-state index in [1.807, 2.05) is 22.9 Å². The number of nitrogens with zero attached hydrogens (tertiary/aromatic N) is 3. The highest BCUT2D eigenvalue weighted by Crippen LogP contribution is 2.34. The van der Waals surface area contributed by atoms with Crippen molar-refractivity contribution in [3.05, 3.63) is 35.9 Å². The number of hydrogen-bond acceptors (Lipinski definition) is 5. The number of rotatable bonds is 5. The maximum absolute atomic E-state index is 5.91. The van der Waals surface area contributed by atoms with Crippen LogP contribution >= 0.6 is 0 Å². The predicted molar refractivity (Wildman–Crippen MR) is 73.5 cm³/mol. The minimum Gasteiger partial charge on any atom is -0.491 e. The van der Waals surface area contributed by atoms with E-state index in [2.05, 4.69) is 17.0 Å². The molecule has 2 N–H and O–H groups in total. The molecule has 1 aliphatic rings. The number of fused-ring (bicyclic) bond motifs is 1. The first-order valence-corrected chi connectivity index (χ1v) is 6.79. The Morgan fingerprint density at radius 2 is 2.40 bits per heavy atom. The van der Waals surface area contributed by atoms with Crippen LogP contribution in [0, 0.1) is 0 Å². The highest BCUT2D eigenvalue weighted by atomic mass is 16.5. The number of hydrogen-bond donors (Lipinski definition) is 1. The van der Waals surface area contributed by atoms with Gasteiger partial charge >= 0.3 is 0 Å². The highest BCUT2D eigenvalue weighted by Gasteiger charge is 2.20. The van der Waals surface area contributed by atoms with Crippen LogP contribution in [0.5, 0.6) is 11.5 Å². The average molecular weight is 274 g/mol. The summed E-state index contributed by atoms with van der Waals surface area (Å²) >= 11 is 0. The molecule has 0 aliphatic carbocycles. The summed E-state index contributed by atoms with van der Waals surface area (Å²) < 4.78 is 13.1. The monoisotopic (exact) mass is 274 g/mol. The lowest BCUT2D eigenvalue weighted by Gasteiger charge is -2.08. The molecule has 0 saturated heterocycles. The first-order valence-electron chi connectivity index (χ1n) is 6.79. The van der Waals surface area contributed by atoms with E-state index in [9.17, 15) is 0 Å². The molecule has 0 amide bonds. The van der Waals surface area contributed by atoms with E-state index in [4.69, 9.17) is 15.2 Å². The topological polar surface area (TPSA) is 75.2 Å². The van der Waals surface area contributed by atoms with Gasteiger partial charge in [-0.05, 0) is 18.6 Å². The normalized spacial score (nSPS) is 16.8. The number of aryl methyl sites for hydroxylation is 1. The quantitative estimate of drug-likeness (QED) is 0.897. The molecule has 2 heterocycles. The van der Waals surface area contributed by atoms with Gasteiger partial charge < -0.3 is 15.2 Å². The third kappa shape index (κ3) is 2.46. The molecule has 2 aromatic rings. The fraction of sp³-hybridized carbons (Fsp3) is 0.429. The van der Waals surface area contributed by atoms with Gasteiger partial charge in [0.15, 0.2) is 5.82 Å². The van der Waals surface area contributed by atoms with Crippen molar-refractivity contribution >= 4 is 0 Å². The molecule has 20 heavy (non-hydrogen) atoms. The van der Waals surface area contributed by atoms with Crippen molar-refractivity contribution in [2.24, 2.45) is 5.73 Å². The lowest BCUT2D eigenvalue weighted by molar-refractivity contribution is 0.283. The zero-order valence-electron chi connectivity index (χ0n) is 11.5. The molecule has 0 fully saturated rings. The second-order valence-corrected chi connectivity index (χ2v) is 4.81. The van der Waals surface area contributed by atoms with Gasteiger partial charge in [0.25, 0.3) is 0 Å². The molecular weight excluding hydrogens is 256 g/mol. The molecule has 3 rings (SSSR count). The Labute approximate surface area is 117 Å². The molecule has 1 aromatic carbocycles. The third-order valence-electron chi connectivity index (χ3n) is 3.30. The molecule has 6 heteroatoms. The van der Waals surface area contributed by atoms with Crippen molar-refractivity contribution in [2.45, 2.75) is 32.5 Å². The molecule has 1 aromatic heterocycles. The van der Waals surface area contributed by atoms with Gasteiger partial charge in [-0.25, -0.2) is 9.67 Å². The smallest absolute Gasteiger partial charge is 0.164 e.